The average molecular weight is 225 g/mol. The summed E-state index contributed by atoms with van der Waals surface area (Å²) in [5.41, 5.74) is 5.59. The highest BCUT2D eigenvalue weighted by Crippen LogP contribution is 2.44. The number of phenolic OH excluding ortho intramolecular Hbond substituents is 1. The van der Waals surface area contributed by atoms with E-state index in [-0.39, 0.29) is 30.4 Å². The molecule has 6 nitrogen and oxygen atoms in total. The number of hydrogen-bond donors (Lipinski definition) is 3. The second-order valence-electron chi connectivity index (χ2n) is 3.36. The minimum Gasteiger partial charge on any atom is -0.504 e. The highest BCUT2D eigenvalue weighted by molar-refractivity contribution is 5.78. The molecule has 86 valence electrons. The van der Waals surface area contributed by atoms with E-state index in [2.05, 4.69) is 0 Å². The van der Waals surface area contributed by atoms with Gasteiger partial charge in [-0.2, -0.15) is 0 Å². The van der Waals surface area contributed by atoms with E-state index in [0.717, 1.165) is 0 Å². The van der Waals surface area contributed by atoms with Crippen LogP contribution in [0.1, 0.15) is 11.5 Å². The van der Waals surface area contributed by atoms with Gasteiger partial charge < -0.3 is 25.4 Å². The zero-order valence-corrected chi connectivity index (χ0v) is 8.34. The first-order chi connectivity index (χ1) is 7.65. The van der Waals surface area contributed by atoms with Gasteiger partial charge in [-0.25, -0.2) is 0 Å². The van der Waals surface area contributed by atoms with Crippen LogP contribution < -0.4 is 15.2 Å². The maximum Gasteiger partial charge on any atom is 0.312 e. The lowest BCUT2D eigenvalue weighted by molar-refractivity contribution is -0.138. The molecule has 0 amide bonds. The van der Waals surface area contributed by atoms with Crippen LogP contribution in [0.25, 0.3) is 0 Å². The molecular weight excluding hydrogens is 214 g/mol. The molecule has 0 aliphatic carbocycles. The molecule has 0 spiro atoms. The molecule has 1 aromatic rings. The molecule has 0 saturated carbocycles. The summed E-state index contributed by atoms with van der Waals surface area (Å²) in [5.74, 6) is -1.67. The third-order valence-corrected chi connectivity index (χ3v) is 2.45. The van der Waals surface area contributed by atoms with Crippen LogP contribution in [-0.2, 0) is 4.79 Å². The Morgan fingerprint density at radius 1 is 1.50 bits per heavy atom. The fourth-order valence-electron chi connectivity index (χ4n) is 1.61. The predicted octanol–water partition coefficient (Wildman–Crippen LogP) is 0.248. The number of carboxylic acids is 1. The fourth-order valence-corrected chi connectivity index (χ4v) is 1.61. The normalized spacial score (nSPS) is 14.8. The van der Waals surface area contributed by atoms with Gasteiger partial charge in [0.25, 0.3) is 0 Å². The Balaban J connectivity index is 2.46. The molecule has 1 heterocycles. The number of carboxylic acid groups (broad SMARTS) is 1. The first kappa shape index (κ1) is 10.6. The van der Waals surface area contributed by atoms with E-state index >= 15 is 0 Å². The van der Waals surface area contributed by atoms with Crippen molar-refractivity contribution in [3.05, 3.63) is 17.7 Å². The molecule has 2 rings (SSSR count). The van der Waals surface area contributed by atoms with Crippen LogP contribution in [0, 0.1) is 0 Å². The van der Waals surface area contributed by atoms with Crippen LogP contribution in [0.15, 0.2) is 12.1 Å². The number of carbonyl (C=O) groups is 1. The minimum absolute atomic E-state index is 0.0205. The molecular formula is C10H11NO5. The van der Waals surface area contributed by atoms with Crippen LogP contribution in [-0.4, -0.2) is 29.5 Å². The van der Waals surface area contributed by atoms with Crippen molar-refractivity contribution in [2.75, 3.05) is 13.3 Å². The van der Waals surface area contributed by atoms with Crippen molar-refractivity contribution in [3.8, 4) is 17.2 Å². The number of hydrogen-bond acceptors (Lipinski definition) is 5. The van der Waals surface area contributed by atoms with Crippen molar-refractivity contribution in [3.63, 3.8) is 0 Å². The van der Waals surface area contributed by atoms with Gasteiger partial charge in [0.1, 0.15) is 0 Å². The molecule has 0 radical (unpaired) electrons. The van der Waals surface area contributed by atoms with Gasteiger partial charge in [0.05, 0.1) is 5.92 Å². The number of rotatable bonds is 3. The highest BCUT2D eigenvalue weighted by Gasteiger charge is 2.27. The molecule has 0 saturated heterocycles. The average Bonchev–Trinajstić information content (AvgIpc) is 2.70. The lowest BCUT2D eigenvalue weighted by Gasteiger charge is -2.12. The van der Waals surface area contributed by atoms with Gasteiger partial charge in [0, 0.05) is 12.1 Å². The minimum atomic E-state index is -1.09. The topological polar surface area (TPSA) is 102 Å². The predicted molar refractivity (Wildman–Crippen MR) is 53.7 cm³/mol. The van der Waals surface area contributed by atoms with Crippen molar-refractivity contribution in [1.82, 2.24) is 0 Å². The van der Waals surface area contributed by atoms with Gasteiger partial charge in [-0.3, -0.25) is 4.79 Å². The standard InChI is InChI=1S/C10H11NO5/c11-3-6(10(13)14)5-1-2-7-9(8(5)12)16-4-15-7/h1-2,6,12H,3-4,11H2,(H,13,14). The van der Waals surface area contributed by atoms with Crippen molar-refractivity contribution in [2.24, 2.45) is 5.73 Å². The SMILES string of the molecule is NCC(C(=O)O)c1ccc2c(c1O)OCO2. The Labute approximate surface area is 91.2 Å². The molecule has 16 heavy (non-hydrogen) atoms. The van der Waals surface area contributed by atoms with Gasteiger partial charge in [-0.15, -0.1) is 0 Å². The van der Waals surface area contributed by atoms with Gasteiger partial charge >= 0.3 is 5.97 Å². The zero-order valence-electron chi connectivity index (χ0n) is 8.34. The lowest BCUT2D eigenvalue weighted by atomic mass is 9.98. The second-order valence-corrected chi connectivity index (χ2v) is 3.36. The quantitative estimate of drug-likeness (QED) is 0.681. The summed E-state index contributed by atoms with van der Waals surface area (Å²) in [6, 6.07) is 3.04. The fraction of sp³-hybridized carbons (Fsp3) is 0.300. The van der Waals surface area contributed by atoms with E-state index in [1.165, 1.54) is 6.07 Å². The molecule has 1 unspecified atom stereocenters. The van der Waals surface area contributed by atoms with E-state index in [1.54, 1.807) is 6.07 Å². The van der Waals surface area contributed by atoms with Crippen molar-refractivity contribution in [2.45, 2.75) is 5.92 Å². The van der Waals surface area contributed by atoms with Gasteiger partial charge in [0.15, 0.2) is 11.5 Å². The van der Waals surface area contributed by atoms with Crippen molar-refractivity contribution >= 4 is 5.97 Å². The van der Waals surface area contributed by atoms with Gasteiger partial charge in [-0.1, -0.05) is 6.07 Å². The third kappa shape index (κ3) is 1.53. The Bertz CT molecular complexity index is 431. The number of aromatic hydroxyl groups is 1. The number of nitrogens with two attached hydrogens (primary N) is 1. The van der Waals surface area contributed by atoms with E-state index < -0.39 is 11.9 Å². The summed E-state index contributed by atoms with van der Waals surface area (Å²) < 4.78 is 10.1. The molecule has 1 aliphatic heterocycles. The Kier molecular flexibility index (Phi) is 2.57. The van der Waals surface area contributed by atoms with E-state index in [4.69, 9.17) is 20.3 Å². The number of aliphatic carboxylic acids is 1. The summed E-state index contributed by atoms with van der Waals surface area (Å²) in [7, 11) is 0. The third-order valence-electron chi connectivity index (χ3n) is 2.45. The number of fused-ring (bicyclic) bond motifs is 1. The molecule has 0 bridgehead atoms. The van der Waals surface area contributed by atoms with Crippen LogP contribution in [0.5, 0.6) is 17.2 Å². The van der Waals surface area contributed by atoms with Crippen molar-refractivity contribution < 1.29 is 24.5 Å². The zero-order chi connectivity index (χ0) is 11.7. The Hall–Kier alpha value is -1.95. The summed E-state index contributed by atoms with van der Waals surface area (Å²) in [4.78, 5) is 10.9. The van der Waals surface area contributed by atoms with Crippen LogP contribution in [0.4, 0.5) is 0 Å². The molecule has 1 atom stereocenters. The first-order valence-electron chi connectivity index (χ1n) is 4.69. The lowest BCUT2D eigenvalue weighted by Crippen LogP contribution is -2.21. The maximum atomic E-state index is 10.9. The monoisotopic (exact) mass is 225 g/mol. The molecule has 0 aromatic heterocycles. The molecule has 4 N–H and O–H groups in total. The first-order valence-corrected chi connectivity index (χ1v) is 4.69. The number of phenols is 1. The van der Waals surface area contributed by atoms with Gasteiger partial charge in [0.2, 0.25) is 12.5 Å². The smallest absolute Gasteiger partial charge is 0.312 e. The van der Waals surface area contributed by atoms with Crippen LogP contribution >= 0.6 is 0 Å². The van der Waals surface area contributed by atoms with Crippen LogP contribution in [0.2, 0.25) is 0 Å². The molecule has 1 aromatic carbocycles. The van der Waals surface area contributed by atoms with E-state index in [9.17, 15) is 9.90 Å². The highest BCUT2D eigenvalue weighted by atomic mass is 16.7. The number of ether oxygens (including phenoxy) is 2. The molecule has 0 fully saturated rings. The summed E-state index contributed by atoms with van der Waals surface area (Å²) >= 11 is 0. The Morgan fingerprint density at radius 2 is 2.25 bits per heavy atom. The molecule has 1 aliphatic rings. The van der Waals surface area contributed by atoms with E-state index in [1.807, 2.05) is 0 Å². The Morgan fingerprint density at radius 3 is 2.88 bits per heavy atom. The molecule has 6 heteroatoms. The van der Waals surface area contributed by atoms with Crippen molar-refractivity contribution in [1.29, 1.82) is 0 Å². The summed E-state index contributed by atoms with van der Waals surface area (Å²) in [5, 5.41) is 18.8. The largest absolute Gasteiger partial charge is 0.504 e. The summed E-state index contributed by atoms with van der Waals surface area (Å²) in [6.45, 7) is -0.0742. The maximum absolute atomic E-state index is 10.9. The second kappa shape index (κ2) is 3.90. The van der Waals surface area contributed by atoms with E-state index in [0.29, 0.717) is 5.75 Å². The summed E-state index contributed by atoms with van der Waals surface area (Å²) in [6.07, 6.45) is 0. The van der Waals surface area contributed by atoms with Crippen LogP contribution in [0.3, 0.4) is 0 Å². The van der Waals surface area contributed by atoms with Gasteiger partial charge in [-0.05, 0) is 6.07 Å². The number of benzene rings is 1.